The summed E-state index contributed by atoms with van der Waals surface area (Å²) in [6.07, 6.45) is 3.84. The molecule has 0 aliphatic heterocycles. The van der Waals surface area contributed by atoms with Crippen LogP contribution in [0.1, 0.15) is 32.4 Å². The molecule has 1 aromatic heterocycles. The predicted molar refractivity (Wildman–Crippen MR) is 77.5 cm³/mol. The summed E-state index contributed by atoms with van der Waals surface area (Å²) in [6.45, 7) is 7.30. The van der Waals surface area contributed by atoms with Gasteiger partial charge < -0.3 is 10.1 Å². The van der Waals surface area contributed by atoms with Crippen LogP contribution in [0.4, 0.5) is 10.1 Å². The van der Waals surface area contributed by atoms with Crippen molar-refractivity contribution in [3.63, 3.8) is 0 Å². The van der Waals surface area contributed by atoms with Gasteiger partial charge in [0.25, 0.3) is 0 Å². The third-order valence-electron chi connectivity index (χ3n) is 3.09. The summed E-state index contributed by atoms with van der Waals surface area (Å²) in [6, 6.07) is 4.59. The van der Waals surface area contributed by atoms with Gasteiger partial charge in [0, 0.05) is 24.4 Å². The standard InChI is InChI=1S/C15H20FN3O/c1-4-19-10-12(9-17-19)11(3)18-14-7-6-13(16)8-15(14)20-5-2/h6-11,18H,4-5H2,1-3H3. The lowest BCUT2D eigenvalue weighted by atomic mass is 10.1. The van der Waals surface area contributed by atoms with Gasteiger partial charge in [-0.05, 0) is 32.9 Å². The molecule has 1 atom stereocenters. The summed E-state index contributed by atoms with van der Waals surface area (Å²) in [5, 5.41) is 7.59. The van der Waals surface area contributed by atoms with Gasteiger partial charge in [-0.15, -0.1) is 0 Å². The number of nitrogens with one attached hydrogen (secondary N) is 1. The van der Waals surface area contributed by atoms with E-state index < -0.39 is 0 Å². The summed E-state index contributed by atoms with van der Waals surface area (Å²) < 4.78 is 20.6. The van der Waals surface area contributed by atoms with Crippen LogP contribution in [0.3, 0.4) is 0 Å². The van der Waals surface area contributed by atoms with Crippen molar-refractivity contribution < 1.29 is 9.13 Å². The summed E-state index contributed by atoms with van der Waals surface area (Å²) >= 11 is 0. The first-order valence-corrected chi connectivity index (χ1v) is 6.85. The van der Waals surface area contributed by atoms with Crippen LogP contribution in [-0.2, 0) is 6.54 Å². The topological polar surface area (TPSA) is 39.1 Å². The third-order valence-corrected chi connectivity index (χ3v) is 3.09. The first-order chi connectivity index (χ1) is 9.63. The quantitative estimate of drug-likeness (QED) is 0.876. The SMILES string of the molecule is CCOc1cc(F)ccc1NC(C)c1cnn(CC)c1. The maximum Gasteiger partial charge on any atom is 0.145 e. The molecule has 4 nitrogen and oxygen atoms in total. The van der Waals surface area contributed by atoms with Crippen molar-refractivity contribution in [1.29, 1.82) is 0 Å². The van der Waals surface area contributed by atoms with Crippen LogP contribution in [0, 0.1) is 5.82 Å². The molecule has 108 valence electrons. The minimum Gasteiger partial charge on any atom is -0.492 e. The maximum atomic E-state index is 13.3. The molecule has 1 N–H and O–H groups in total. The lowest BCUT2D eigenvalue weighted by molar-refractivity contribution is 0.339. The summed E-state index contributed by atoms with van der Waals surface area (Å²) in [4.78, 5) is 0. The number of aryl methyl sites for hydroxylation is 1. The van der Waals surface area contributed by atoms with Crippen LogP contribution >= 0.6 is 0 Å². The minimum absolute atomic E-state index is 0.0694. The minimum atomic E-state index is -0.301. The Labute approximate surface area is 118 Å². The number of nitrogens with zero attached hydrogens (tertiary/aromatic N) is 2. The van der Waals surface area contributed by atoms with E-state index in [0.29, 0.717) is 12.4 Å². The molecule has 1 heterocycles. The molecule has 0 spiro atoms. The monoisotopic (exact) mass is 277 g/mol. The largest absolute Gasteiger partial charge is 0.492 e. The molecule has 0 fully saturated rings. The molecule has 1 unspecified atom stereocenters. The molecule has 20 heavy (non-hydrogen) atoms. The van der Waals surface area contributed by atoms with Crippen molar-refractivity contribution in [3.05, 3.63) is 42.0 Å². The number of rotatable bonds is 6. The van der Waals surface area contributed by atoms with E-state index in [1.807, 2.05) is 37.8 Å². The molecule has 0 amide bonds. The molecule has 5 heteroatoms. The molecule has 0 bridgehead atoms. The van der Waals surface area contributed by atoms with Crippen molar-refractivity contribution in [2.24, 2.45) is 0 Å². The molecule has 0 saturated carbocycles. The second kappa shape index (κ2) is 6.41. The Kier molecular flexibility index (Phi) is 4.61. The molecule has 1 aromatic carbocycles. The molecule has 2 aromatic rings. The van der Waals surface area contributed by atoms with Crippen LogP contribution in [0.25, 0.3) is 0 Å². The number of anilines is 1. The van der Waals surface area contributed by atoms with Gasteiger partial charge in [0.2, 0.25) is 0 Å². The number of aromatic nitrogens is 2. The van der Waals surface area contributed by atoms with E-state index in [9.17, 15) is 4.39 Å². The van der Waals surface area contributed by atoms with Crippen molar-refractivity contribution >= 4 is 5.69 Å². The zero-order valence-corrected chi connectivity index (χ0v) is 12.1. The van der Waals surface area contributed by atoms with Gasteiger partial charge in [-0.2, -0.15) is 5.10 Å². The van der Waals surface area contributed by atoms with E-state index in [1.54, 1.807) is 6.07 Å². The second-order valence-corrected chi connectivity index (χ2v) is 4.57. The highest BCUT2D eigenvalue weighted by Gasteiger charge is 2.11. The molecule has 0 radical (unpaired) electrons. The molecular weight excluding hydrogens is 257 g/mol. The van der Waals surface area contributed by atoms with Gasteiger partial charge in [-0.1, -0.05) is 0 Å². The number of hydrogen-bond acceptors (Lipinski definition) is 3. The Morgan fingerprint density at radius 2 is 2.20 bits per heavy atom. The number of benzene rings is 1. The van der Waals surface area contributed by atoms with Gasteiger partial charge in [-0.3, -0.25) is 4.68 Å². The highest BCUT2D eigenvalue weighted by atomic mass is 19.1. The Hall–Kier alpha value is -2.04. The van der Waals surface area contributed by atoms with E-state index in [0.717, 1.165) is 17.8 Å². The van der Waals surface area contributed by atoms with E-state index in [-0.39, 0.29) is 11.9 Å². The first-order valence-electron chi connectivity index (χ1n) is 6.85. The fraction of sp³-hybridized carbons (Fsp3) is 0.400. The van der Waals surface area contributed by atoms with Crippen molar-refractivity contribution in [2.45, 2.75) is 33.4 Å². The smallest absolute Gasteiger partial charge is 0.145 e. The van der Waals surface area contributed by atoms with E-state index >= 15 is 0 Å². The Bertz CT molecular complexity index is 568. The highest BCUT2D eigenvalue weighted by Crippen LogP contribution is 2.29. The van der Waals surface area contributed by atoms with Gasteiger partial charge in [-0.25, -0.2) is 4.39 Å². The average Bonchev–Trinajstić information content (AvgIpc) is 2.91. The fourth-order valence-corrected chi connectivity index (χ4v) is 1.98. The Morgan fingerprint density at radius 1 is 1.40 bits per heavy atom. The lowest BCUT2D eigenvalue weighted by Crippen LogP contribution is -2.08. The molecule has 0 aliphatic carbocycles. The van der Waals surface area contributed by atoms with E-state index in [1.165, 1.54) is 12.1 Å². The Balaban J connectivity index is 2.16. The highest BCUT2D eigenvalue weighted by molar-refractivity contribution is 5.57. The van der Waals surface area contributed by atoms with Gasteiger partial charge >= 0.3 is 0 Å². The molecular formula is C15H20FN3O. The van der Waals surface area contributed by atoms with E-state index in [4.69, 9.17) is 4.74 Å². The summed E-state index contributed by atoms with van der Waals surface area (Å²) in [5.74, 6) is 0.229. The van der Waals surface area contributed by atoms with Gasteiger partial charge in [0.15, 0.2) is 0 Å². The van der Waals surface area contributed by atoms with Crippen LogP contribution in [0.2, 0.25) is 0 Å². The molecule has 2 rings (SSSR count). The number of hydrogen-bond donors (Lipinski definition) is 1. The second-order valence-electron chi connectivity index (χ2n) is 4.57. The number of halogens is 1. The first kappa shape index (κ1) is 14.4. The third kappa shape index (κ3) is 3.29. The van der Waals surface area contributed by atoms with Gasteiger partial charge in [0.1, 0.15) is 11.6 Å². The number of ether oxygens (including phenoxy) is 1. The maximum absolute atomic E-state index is 13.3. The van der Waals surface area contributed by atoms with Crippen LogP contribution in [0.5, 0.6) is 5.75 Å². The van der Waals surface area contributed by atoms with Crippen LogP contribution in [-0.4, -0.2) is 16.4 Å². The zero-order valence-electron chi connectivity index (χ0n) is 12.1. The lowest BCUT2D eigenvalue weighted by Gasteiger charge is -2.17. The summed E-state index contributed by atoms with van der Waals surface area (Å²) in [5.41, 5.74) is 1.86. The predicted octanol–water partition coefficient (Wildman–Crippen LogP) is 3.61. The molecule has 0 saturated heterocycles. The van der Waals surface area contributed by atoms with Crippen LogP contribution in [0.15, 0.2) is 30.6 Å². The zero-order chi connectivity index (χ0) is 14.5. The van der Waals surface area contributed by atoms with Crippen molar-refractivity contribution in [3.8, 4) is 5.75 Å². The van der Waals surface area contributed by atoms with Crippen molar-refractivity contribution in [1.82, 2.24) is 9.78 Å². The fourth-order valence-electron chi connectivity index (χ4n) is 1.98. The molecule has 0 aliphatic rings. The van der Waals surface area contributed by atoms with Crippen LogP contribution < -0.4 is 10.1 Å². The Morgan fingerprint density at radius 3 is 2.85 bits per heavy atom. The van der Waals surface area contributed by atoms with Crippen molar-refractivity contribution in [2.75, 3.05) is 11.9 Å². The normalized spacial score (nSPS) is 12.2. The van der Waals surface area contributed by atoms with Gasteiger partial charge in [0.05, 0.1) is 24.5 Å². The summed E-state index contributed by atoms with van der Waals surface area (Å²) in [7, 11) is 0. The van der Waals surface area contributed by atoms with E-state index in [2.05, 4.69) is 10.4 Å². The average molecular weight is 277 g/mol.